The van der Waals surface area contributed by atoms with E-state index in [4.69, 9.17) is 4.74 Å². The number of benzene rings is 1. The first-order valence-corrected chi connectivity index (χ1v) is 11.6. The maximum Gasteiger partial charge on any atom is 0.230 e. The monoisotopic (exact) mass is 429 g/mol. The van der Waals surface area contributed by atoms with E-state index in [1.165, 1.54) is 5.56 Å². The third kappa shape index (κ3) is 5.09. The number of amides is 2. The van der Waals surface area contributed by atoms with Crippen LogP contribution in [-0.4, -0.2) is 86.4 Å². The van der Waals surface area contributed by atoms with E-state index >= 15 is 0 Å². The summed E-state index contributed by atoms with van der Waals surface area (Å²) in [6, 6.07) is 8.23. The molecule has 1 aromatic rings. The average Bonchev–Trinajstić information content (AvgIpc) is 3.16. The van der Waals surface area contributed by atoms with Crippen LogP contribution >= 0.6 is 0 Å². The summed E-state index contributed by atoms with van der Waals surface area (Å²) < 4.78 is 5.43. The highest BCUT2D eigenvalue weighted by Gasteiger charge is 2.36. The topological polar surface area (TPSA) is 77.2 Å². The Morgan fingerprint density at radius 2 is 1.94 bits per heavy atom. The van der Waals surface area contributed by atoms with Crippen molar-refractivity contribution in [3.05, 3.63) is 29.8 Å². The molecule has 2 fully saturated rings. The van der Waals surface area contributed by atoms with Gasteiger partial charge in [-0.2, -0.15) is 0 Å². The fraction of sp³-hybridized carbons (Fsp3) is 0.652. The molecule has 4 rings (SSSR count). The van der Waals surface area contributed by atoms with Gasteiger partial charge in [-0.05, 0) is 24.7 Å². The zero-order valence-corrected chi connectivity index (χ0v) is 18.7. The van der Waals surface area contributed by atoms with Crippen LogP contribution in [0.25, 0.3) is 0 Å². The first-order valence-electron chi connectivity index (χ1n) is 11.6. The van der Waals surface area contributed by atoms with Crippen LogP contribution in [0.1, 0.15) is 38.2 Å². The number of carbonyl (C=O) groups is 2. The molecular formula is C23H35N5O3. The predicted molar refractivity (Wildman–Crippen MR) is 120 cm³/mol. The average molecular weight is 430 g/mol. The van der Waals surface area contributed by atoms with Crippen LogP contribution in [0, 0.1) is 0 Å². The first kappa shape index (κ1) is 22.2. The van der Waals surface area contributed by atoms with Gasteiger partial charge >= 0.3 is 0 Å². The molecule has 0 saturated carbocycles. The molecule has 0 bridgehead atoms. The molecular weight excluding hydrogens is 394 g/mol. The van der Waals surface area contributed by atoms with E-state index < -0.39 is 0 Å². The third-order valence-electron chi connectivity index (χ3n) is 6.72. The van der Waals surface area contributed by atoms with Gasteiger partial charge in [0.2, 0.25) is 11.8 Å². The molecule has 31 heavy (non-hydrogen) atoms. The van der Waals surface area contributed by atoms with E-state index in [1.807, 2.05) is 17.0 Å². The highest BCUT2D eigenvalue weighted by atomic mass is 16.5. The summed E-state index contributed by atoms with van der Waals surface area (Å²) >= 11 is 0. The van der Waals surface area contributed by atoms with E-state index in [0.717, 1.165) is 38.4 Å². The highest BCUT2D eigenvalue weighted by molar-refractivity contribution is 5.96. The molecule has 3 aliphatic rings. The molecule has 8 nitrogen and oxygen atoms in total. The van der Waals surface area contributed by atoms with Crippen molar-refractivity contribution in [2.45, 2.75) is 44.9 Å². The molecule has 0 aliphatic carbocycles. The Morgan fingerprint density at radius 1 is 1.19 bits per heavy atom. The van der Waals surface area contributed by atoms with E-state index in [9.17, 15) is 9.59 Å². The predicted octanol–water partition coefficient (Wildman–Crippen LogP) is 0.943. The van der Waals surface area contributed by atoms with Crippen molar-refractivity contribution in [3.8, 4) is 0 Å². The number of para-hydroxylation sites is 1. The molecule has 2 saturated heterocycles. The summed E-state index contributed by atoms with van der Waals surface area (Å²) in [5.74, 6) is 0.360. The molecule has 1 aromatic carbocycles. The van der Waals surface area contributed by atoms with Gasteiger partial charge in [0.25, 0.3) is 0 Å². The number of nitrogens with zero attached hydrogens (tertiary/aromatic N) is 3. The summed E-state index contributed by atoms with van der Waals surface area (Å²) in [6.07, 6.45) is 0.259. The molecule has 3 atom stereocenters. The zero-order valence-electron chi connectivity index (χ0n) is 18.7. The second kappa shape index (κ2) is 10.1. The number of morpholine rings is 1. The summed E-state index contributed by atoms with van der Waals surface area (Å²) in [6.45, 7) is 11.0. The normalized spacial score (nSPS) is 26.7. The molecule has 170 valence electrons. The van der Waals surface area contributed by atoms with Crippen molar-refractivity contribution in [2.24, 2.45) is 0 Å². The Hall–Kier alpha value is -2.00. The van der Waals surface area contributed by atoms with E-state index in [1.54, 1.807) is 0 Å². The Bertz CT molecular complexity index is 778. The maximum atomic E-state index is 13.3. The summed E-state index contributed by atoms with van der Waals surface area (Å²) in [7, 11) is 0. The van der Waals surface area contributed by atoms with Crippen LogP contribution in [0.3, 0.4) is 0 Å². The minimum absolute atomic E-state index is 0.00530. The van der Waals surface area contributed by atoms with Gasteiger partial charge in [-0.25, -0.2) is 0 Å². The van der Waals surface area contributed by atoms with E-state index in [-0.39, 0.29) is 30.6 Å². The minimum atomic E-state index is -0.351. The number of fused-ring (bicyclic) bond motifs is 1. The van der Waals surface area contributed by atoms with Crippen LogP contribution in [0.5, 0.6) is 0 Å². The number of likely N-dealkylation sites (N-methyl/N-ethyl adjacent to an activating group) is 1. The smallest absolute Gasteiger partial charge is 0.230 e. The summed E-state index contributed by atoms with van der Waals surface area (Å²) in [5, 5.41) is 6.44. The second-order valence-electron chi connectivity index (χ2n) is 8.61. The molecule has 3 aliphatic heterocycles. The number of rotatable bonds is 7. The van der Waals surface area contributed by atoms with Crippen LogP contribution in [0.15, 0.2) is 24.3 Å². The Morgan fingerprint density at radius 3 is 2.68 bits per heavy atom. The fourth-order valence-electron chi connectivity index (χ4n) is 4.96. The first-order chi connectivity index (χ1) is 15.1. The van der Waals surface area contributed by atoms with Crippen LogP contribution in [0.4, 0.5) is 5.69 Å². The van der Waals surface area contributed by atoms with Crippen molar-refractivity contribution in [1.29, 1.82) is 0 Å². The molecule has 0 radical (unpaired) electrons. The Balaban J connectivity index is 1.42. The van der Waals surface area contributed by atoms with Crippen LogP contribution < -0.4 is 15.5 Å². The van der Waals surface area contributed by atoms with Gasteiger partial charge in [0, 0.05) is 37.8 Å². The summed E-state index contributed by atoms with van der Waals surface area (Å²) in [5.41, 5.74) is 2.26. The number of hydrogen-bond donors (Lipinski definition) is 2. The summed E-state index contributed by atoms with van der Waals surface area (Å²) in [4.78, 5) is 32.2. The van der Waals surface area contributed by atoms with Gasteiger partial charge in [-0.3, -0.25) is 19.8 Å². The van der Waals surface area contributed by atoms with Gasteiger partial charge in [0.05, 0.1) is 38.4 Å². The lowest BCUT2D eigenvalue weighted by molar-refractivity contribution is -0.128. The van der Waals surface area contributed by atoms with Gasteiger partial charge in [-0.15, -0.1) is 0 Å². The van der Waals surface area contributed by atoms with E-state index in [2.05, 4.69) is 46.4 Å². The maximum absolute atomic E-state index is 13.3. The number of ether oxygens (including phenoxy) is 1. The molecule has 3 unspecified atom stereocenters. The highest BCUT2D eigenvalue weighted by Crippen LogP contribution is 2.37. The number of nitrogens with one attached hydrogen (secondary N) is 2. The lowest BCUT2D eigenvalue weighted by atomic mass is 10.0. The Labute approximate surface area is 184 Å². The van der Waals surface area contributed by atoms with Crippen molar-refractivity contribution in [2.75, 3.05) is 57.4 Å². The number of anilines is 1. The molecule has 2 N–H and O–H groups in total. The Kier molecular flexibility index (Phi) is 7.22. The van der Waals surface area contributed by atoms with Gasteiger partial charge in [0.1, 0.15) is 0 Å². The van der Waals surface area contributed by atoms with E-state index in [0.29, 0.717) is 32.1 Å². The van der Waals surface area contributed by atoms with Crippen LogP contribution in [0.2, 0.25) is 0 Å². The minimum Gasteiger partial charge on any atom is -0.379 e. The van der Waals surface area contributed by atoms with Gasteiger partial charge in [-0.1, -0.05) is 32.0 Å². The lowest BCUT2D eigenvalue weighted by Gasteiger charge is -2.40. The SMILES string of the molecule is CCN(CC)CC1CN(C(=O)CC2NC(=O)CC(N3CCOCC3)N2)c2ccccc21. The number of hydrogen-bond acceptors (Lipinski definition) is 6. The van der Waals surface area contributed by atoms with Crippen molar-refractivity contribution < 1.29 is 14.3 Å². The molecule has 8 heteroatoms. The zero-order chi connectivity index (χ0) is 21.8. The van der Waals surface area contributed by atoms with Crippen molar-refractivity contribution in [1.82, 2.24) is 20.4 Å². The third-order valence-corrected chi connectivity index (χ3v) is 6.72. The molecule has 0 spiro atoms. The standard InChI is InChI=1S/C23H35N5O3/c1-3-26(4-2)15-17-16-28(19-8-6-5-7-18(17)19)23(30)13-20-24-21(14-22(29)25-20)27-9-11-31-12-10-27/h5-8,17,20-21,24H,3-4,9-16H2,1-2H3,(H,25,29). The second-order valence-corrected chi connectivity index (χ2v) is 8.61. The molecule has 2 amide bonds. The van der Waals surface area contributed by atoms with Crippen molar-refractivity contribution >= 4 is 17.5 Å². The van der Waals surface area contributed by atoms with Gasteiger partial charge in [0.15, 0.2) is 0 Å². The fourth-order valence-corrected chi connectivity index (χ4v) is 4.96. The number of carbonyl (C=O) groups excluding carboxylic acids is 2. The largest absolute Gasteiger partial charge is 0.379 e. The van der Waals surface area contributed by atoms with Crippen molar-refractivity contribution in [3.63, 3.8) is 0 Å². The lowest BCUT2D eigenvalue weighted by Crippen LogP contribution is -2.63. The molecule has 3 heterocycles. The van der Waals surface area contributed by atoms with Gasteiger partial charge < -0.3 is 19.9 Å². The quantitative estimate of drug-likeness (QED) is 0.672. The van der Waals surface area contributed by atoms with Crippen LogP contribution in [-0.2, 0) is 14.3 Å². The molecule has 0 aromatic heterocycles.